The molecule has 1 aromatic heterocycles. The van der Waals surface area contributed by atoms with Gasteiger partial charge in [0, 0.05) is 34.9 Å². The molecule has 0 spiro atoms. The predicted molar refractivity (Wildman–Crippen MR) is 281 cm³/mol. The molecule has 1 fully saturated rings. The summed E-state index contributed by atoms with van der Waals surface area (Å²) in [6.07, 6.45) is 36.0. The topological polar surface area (TPSA) is 19.6 Å². The van der Waals surface area contributed by atoms with Crippen LogP contribution >= 0.6 is 0 Å². The molecule has 1 radical (unpaired) electrons. The number of nitrogens with zero attached hydrogens (tertiary/aromatic N) is 2. The van der Waals surface area contributed by atoms with E-state index < -0.39 is 0 Å². The zero-order valence-electron chi connectivity index (χ0n) is 42.6. The number of anilines is 1. The van der Waals surface area contributed by atoms with Crippen LogP contribution in [0.3, 0.4) is 0 Å². The molecule has 0 saturated heterocycles. The molecule has 2 bridgehead atoms. The standard InChI is InChI=1S/C60H80BN2O/c1-19-22-44-25-35-62(51-24-28-58(15,16)30-29-57(13,14)27-23-42(51)6)45(37-43(20-2)41(4)5)40-61-54-53(63(44)36-26-48(56(10,11)12)47(21-3)55(7,8)9)46-38-49-50(39-52(46)64-54)60(18)33-31-59(49,17)32-34-60/h19-28,35-41H,1-3,29-34H2,4-18H3/b27-23+,28-24+,35-25+,36-26+,43-37+,44-22+,45-40-,48-47-,51-42+. The number of furan rings is 1. The van der Waals surface area contributed by atoms with Crippen LogP contribution in [-0.4, -0.2) is 12.2 Å². The summed E-state index contributed by atoms with van der Waals surface area (Å²) in [6.45, 7) is 47.7. The Hall–Kier alpha value is -4.70. The van der Waals surface area contributed by atoms with Gasteiger partial charge in [-0.2, -0.15) is 0 Å². The third-order valence-electron chi connectivity index (χ3n) is 14.7. The minimum atomic E-state index is -0.152. The zero-order chi connectivity index (χ0) is 47.2. The number of hydrogen-bond acceptors (Lipinski definition) is 3. The Morgan fingerprint density at radius 1 is 0.766 bits per heavy atom. The second kappa shape index (κ2) is 17.9. The molecule has 64 heavy (non-hydrogen) atoms. The fourth-order valence-electron chi connectivity index (χ4n) is 10.1. The molecule has 339 valence electrons. The summed E-state index contributed by atoms with van der Waals surface area (Å²) >= 11 is 0. The average Bonchev–Trinajstić information content (AvgIpc) is 3.56. The second-order valence-corrected chi connectivity index (χ2v) is 23.5. The second-order valence-electron chi connectivity index (χ2n) is 23.5. The maximum atomic E-state index is 7.20. The number of hydrogen-bond donors (Lipinski definition) is 0. The van der Waals surface area contributed by atoms with E-state index in [1.807, 2.05) is 12.2 Å². The third-order valence-corrected chi connectivity index (χ3v) is 14.7. The molecule has 0 amide bonds. The monoisotopic (exact) mass is 856 g/mol. The van der Waals surface area contributed by atoms with Crippen molar-refractivity contribution in [2.24, 2.45) is 27.6 Å². The van der Waals surface area contributed by atoms with E-state index in [1.54, 1.807) is 0 Å². The molecule has 2 heterocycles. The van der Waals surface area contributed by atoms with Crippen molar-refractivity contribution in [3.05, 3.63) is 168 Å². The Balaban J connectivity index is 1.74. The van der Waals surface area contributed by atoms with Crippen LogP contribution in [0.1, 0.15) is 154 Å². The van der Waals surface area contributed by atoms with Gasteiger partial charge in [-0.1, -0.05) is 159 Å². The van der Waals surface area contributed by atoms with E-state index in [1.165, 1.54) is 53.5 Å². The Morgan fingerprint density at radius 3 is 1.88 bits per heavy atom. The summed E-state index contributed by atoms with van der Waals surface area (Å²) in [5, 5.41) is 1.12. The van der Waals surface area contributed by atoms with Crippen molar-refractivity contribution >= 4 is 29.6 Å². The van der Waals surface area contributed by atoms with Crippen LogP contribution in [0.15, 0.2) is 161 Å². The van der Waals surface area contributed by atoms with Crippen LogP contribution in [0.4, 0.5) is 5.69 Å². The lowest BCUT2D eigenvalue weighted by molar-refractivity contribution is 0.188. The predicted octanol–water partition coefficient (Wildman–Crippen LogP) is 16.5. The molecule has 1 saturated carbocycles. The first-order valence-electron chi connectivity index (χ1n) is 24.0. The minimum Gasteiger partial charge on any atom is -0.469 e. The van der Waals surface area contributed by atoms with Crippen molar-refractivity contribution in [1.29, 1.82) is 0 Å². The maximum Gasteiger partial charge on any atom is 0.236 e. The van der Waals surface area contributed by atoms with Crippen LogP contribution < -0.4 is 10.6 Å². The minimum absolute atomic E-state index is 0.00588. The number of allylic oxidation sites excluding steroid dienone is 15. The normalized spacial score (nSPS) is 28.5. The Kier molecular flexibility index (Phi) is 13.7. The summed E-state index contributed by atoms with van der Waals surface area (Å²) < 4.78 is 7.20. The van der Waals surface area contributed by atoms with E-state index in [0.29, 0.717) is 0 Å². The van der Waals surface area contributed by atoms with Crippen LogP contribution in [0, 0.1) is 27.6 Å². The van der Waals surface area contributed by atoms with Crippen molar-refractivity contribution in [1.82, 2.24) is 4.90 Å². The number of rotatable bonds is 8. The SMILES string of the molecule is C=C/C=C1\C=C\N(C2=C(C)/C=C/C(C)(C)CCC(C)(C)\C=C\2)C(/C=C(\C=C)C(C)C)=C\[B]c2oc3cc4c(cc3c2N1/C=C/C(=C(\C=C)C(C)(C)C)C(C)(C)C)C1(C)CCC4(C)CC1. The number of benzene rings is 1. The van der Waals surface area contributed by atoms with Crippen LogP contribution in [0.25, 0.3) is 11.0 Å². The van der Waals surface area contributed by atoms with Crippen molar-refractivity contribution in [3.63, 3.8) is 0 Å². The van der Waals surface area contributed by atoms with Crippen LogP contribution in [0.5, 0.6) is 0 Å². The molecule has 1 aromatic carbocycles. The molecular formula is C60H80BN2O. The van der Waals surface area contributed by atoms with Gasteiger partial charge in [0.05, 0.1) is 11.3 Å². The molecule has 4 aliphatic carbocycles. The van der Waals surface area contributed by atoms with Gasteiger partial charge < -0.3 is 14.2 Å². The van der Waals surface area contributed by atoms with E-state index in [9.17, 15) is 0 Å². The smallest absolute Gasteiger partial charge is 0.236 e. The van der Waals surface area contributed by atoms with Crippen molar-refractivity contribution in [3.8, 4) is 0 Å². The van der Waals surface area contributed by atoms with Gasteiger partial charge in [-0.05, 0) is 160 Å². The highest BCUT2D eigenvalue weighted by molar-refractivity contribution is 6.60. The van der Waals surface area contributed by atoms with Gasteiger partial charge in [-0.25, -0.2) is 0 Å². The van der Waals surface area contributed by atoms with Gasteiger partial charge in [0.2, 0.25) is 7.28 Å². The average molecular weight is 856 g/mol. The molecule has 2 aromatic rings. The largest absolute Gasteiger partial charge is 0.469 e. The van der Waals surface area contributed by atoms with E-state index >= 15 is 0 Å². The van der Waals surface area contributed by atoms with E-state index in [2.05, 4.69) is 226 Å². The first-order chi connectivity index (χ1) is 29.8. The van der Waals surface area contributed by atoms with Crippen LogP contribution in [0.2, 0.25) is 0 Å². The molecule has 7 rings (SSSR count). The fraction of sp³-hybridized carbons (Fsp3) is 0.467. The van der Waals surface area contributed by atoms with E-state index in [4.69, 9.17) is 4.42 Å². The lowest BCUT2D eigenvalue weighted by Crippen LogP contribution is -2.44. The van der Waals surface area contributed by atoms with Gasteiger partial charge in [-0.15, -0.1) is 0 Å². The van der Waals surface area contributed by atoms with Gasteiger partial charge in [0.1, 0.15) is 5.58 Å². The molecule has 3 nitrogen and oxygen atoms in total. The first-order valence-corrected chi connectivity index (χ1v) is 24.0. The van der Waals surface area contributed by atoms with Crippen molar-refractivity contribution in [2.45, 2.75) is 153 Å². The van der Waals surface area contributed by atoms with Crippen LogP contribution in [-0.2, 0) is 10.8 Å². The lowest BCUT2D eigenvalue weighted by atomic mass is 9.52. The highest BCUT2D eigenvalue weighted by Gasteiger charge is 2.48. The highest BCUT2D eigenvalue weighted by atomic mass is 16.3. The maximum absolute atomic E-state index is 7.20. The fourth-order valence-corrected chi connectivity index (χ4v) is 10.1. The lowest BCUT2D eigenvalue weighted by Gasteiger charge is -2.52. The third kappa shape index (κ3) is 10.1. The molecule has 0 N–H and O–H groups in total. The Labute approximate surface area is 390 Å². The van der Waals surface area contributed by atoms with Gasteiger partial charge >= 0.3 is 0 Å². The molecule has 0 atom stereocenters. The molecule has 5 aliphatic rings. The molecule has 4 heteroatoms. The summed E-state index contributed by atoms with van der Waals surface area (Å²) in [6, 6.07) is 4.89. The zero-order valence-corrected chi connectivity index (χ0v) is 42.6. The molecule has 0 unspecified atom stereocenters. The number of fused-ring (bicyclic) bond motifs is 5. The van der Waals surface area contributed by atoms with E-state index in [-0.39, 0.29) is 38.4 Å². The molecule has 1 aliphatic heterocycles. The van der Waals surface area contributed by atoms with Gasteiger partial charge in [0.25, 0.3) is 0 Å². The first kappa shape index (κ1) is 48.8. The van der Waals surface area contributed by atoms with Crippen molar-refractivity contribution < 1.29 is 4.42 Å². The van der Waals surface area contributed by atoms with Gasteiger partial charge in [0.15, 0.2) is 0 Å². The Bertz CT molecular complexity index is 2450. The van der Waals surface area contributed by atoms with E-state index in [0.717, 1.165) is 57.8 Å². The summed E-state index contributed by atoms with van der Waals surface area (Å²) in [5.41, 5.74) is 13.7. The summed E-state index contributed by atoms with van der Waals surface area (Å²) in [7, 11) is 2.20. The summed E-state index contributed by atoms with van der Waals surface area (Å²) in [5.74, 6) is 2.52. The quantitative estimate of drug-likeness (QED) is 0.195. The highest BCUT2D eigenvalue weighted by Crippen LogP contribution is 2.57. The van der Waals surface area contributed by atoms with Crippen molar-refractivity contribution in [2.75, 3.05) is 4.90 Å². The Morgan fingerprint density at radius 2 is 1.34 bits per heavy atom. The van der Waals surface area contributed by atoms with Gasteiger partial charge in [-0.3, -0.25) is 0 Å². The summed E-state index contributed by atoms with van der Waals surface area (Å²) in [4.78, 5) is 4.69. The molecular weight excluding hydrogens is 775 g/mol.